The Labute approximate surface area is 75.8 Å². The zero-order chi connectivity index (χ0) is 9.90. The third-order valence-electron chi connectivity index (χ3n) is 1.61. The summed E-state index contributed by atoms with van der Waals surface area (Å²) in [4.78, 5) is 21.1. The highest BCUT2D eigenvalue weighted by atomic mass is 31.2. The van der Waals surface area contributed by atoms with Crippen LogP contribution >= 0.6 is 7.60 Å². The van der Waals surface area contributed by atoms with Gasteiger partial charge in [0.2, 0.25) is 0 Å². The maximum atomic E-state index is 10.5. The summed E-state index contributed by atoms with van der Waals surface area (Å²) in [6.45, 7) is 0. The van der Waals surface area contributed by atoms with Crippen LogP contribution in [0.15, 0.2) is 18.5 Å². The highest BCUT2D eigenvalue weighted by molar-refractivity contribution is 7.51. The van der Waals surface area contributed by atoms with Gasteiger partial charge in [0.15, 0.2) is 0 Å². The highest BCUT2D eigenvalue weighted by Gasteiger charge is 2.13. The Morgan fingerprint density at radius 2 is 2.23 bits per heavy atom. The standard InChI is InChI=1S/C7H11N2O3P/c8-7-1-3-9-5-6(7)2-4-13(10,11)12/h1,3,5H,2,4H2,(H2,8,9)(H2,10,11,12). The Hall–Kier alpha value is -0.900. The predicted octanol–water partition coefficient (Wildman–Crippen LogP) is 0.384. The van der Waals surface area contributed by atoms with Crippen LogP contribution in [0, 0.1) is 0 Å². The lowest BCUT2D eigenvalue weighted by molar-refractivity contribution is 0.373. The molecule has 0 atom stereocenters. The predicted molar refractivity (Wildman–Crippen MR) is 49.3 cm³/mol. The Kier molecular flexibility index (Phi) is 3.03. The molecule has 1 aromatic rings. The van der Waals surface area contributed by atoms with Gasteiger partial charge >= 0.3 is 7.60 Å². The number of nitrogen functional groups attached to an aromatic ring is 1. The van der Waals surface area contributed by atoms with Crippen molar-refractivity contribution < 1.29 is 14.4 Å². The number of pyridine rings is 1. The average molecular weight is 202 g/mol. The largest absolute Gasteiger partial charge is 0.398 e. The van der Waals surface area contributed by atoms with Gasteiger partial charge in [-0.2, -0.15) is 0 Å². The van der Waals surface area contributed by atoms with Crippen molar-refractivity contribution in [2.45, 2.75) is 6.42 Å². The third-order valence-corrected chi connectivity index (χ3v) is 2.42. The first-order valence-corrected chi connectivity index (χ1v) is 5.52. The smallest absolute Gasteiger partial charge is 0.325 e. The molecule has 0 aliphatic carbocycles. The zero-order valence-corrected chi connectivity index (χ0v) is 7.82. The summed E-state index contributed by atoms with van der Waals surface area (Å²) in [6, 6.07) is 1.61. The molecule has 1 heterocycles. The summed E-state index contributed by atoms with van der Waals surface area (Å²) in [5, 5.41) is 0. The summed E-state index contributed by atoms with van der Waals surface area (Å²) >= 11 is 0. The van der Waals surface area contributed by atoms with Gasteiger partial charge in [0.1, 0.15) is 0 Å². The molecular formula is C7H11N2O3P. The van der Waals surface area contributed by atoms with Crippen LogP contribution in [-0.4, -0.2) is 20.9 Å². The van der Waals surface area contributed by atoms with E-state index < -0.39 is 7.60 Å². The van der Waals surface area contributed by atoms with E-state index in [-0.39, 0.29) is 12.6 Å². The third kappa shape index (κ3) is 3.55. The van der Waals surface area contributed by atoms with Crippen molar-refractivity contribution in [2.75, 3.05) is 11.9 Å². The number of hydrogen-bond acceptors (Lipinski definition) is 3. The van der Waals surface area contributed by atoms with Crippen LogP contribution in [-0.2, 0) is 11.0 Å². The van der Waals surface area contributed by atoms with Crippen LogP contribution in [0.4, 0.5) is 5.69 Å². The van der Waals surface area contributed by atoms with Gasteiger partial charge in [-0.1, -0.05) is 0 Å². The van der Waals surface area contributed by atoms with E-state index >= 15 is 0 Å². The second kappa shape index (κ2) is 3.87. The number of aryl methyl sites for hydroxylation is 1. The van der Waals surface area contributed by atoms with Gasteiger partial charge < -0.3 is 15.5 Å². The molecule has 1 aromatic heterocycles. The van der Waals surface area contributed by atoms with Crippen molar-refractivity contribution in [3.63, 3.8) is 0 Å². The van der Waals surface area contributed by atoms with Crippen LogP contribution in [0.1, 0.15) is 5.56 Å². The molecule has 0 fully saturated rings. The lowest BCUT2D eigenvalue weighted by Gasteiger charge is -2.05. The Balaban J connectivity index is 2.65. The number of aromatic nitrogens is 1. The minimum Gasteiger partial charge on any atom is -0.398 e. The van der Waals surface area contributed by atoms with E-state index in [4.69, 9.17) is 15.5 Å². The highest BCUT2D eigenvalue weighted by Crippen LogP contribution is 2.35. The molecule has 72 valence electrons. The van der Waals surface area contributed by atoms with E-state index in [1.165, 1.54) is 12.4 Å². The lowest BCUT2D eigenvalue weighted by atomic mass is 10.2. The fraction of sp³-hybridized carbons (Fsp3) is 0.286. The molecule has 0 saturated carbocycles. The Morgan fingerprint density at radius 3 is 2.77 bits per heavy atom. The fourth-order valence-corrected chi connectivity index (χ4v) is 1.45. The molecule has 0 spiro atoms. The molecule has 0 radical (unpaired) electrons. The van der Waals surface area contributed by atoms with Gasteiger partial charge in [-0.3, -0.25) is 9.55 Å². The van der Waals surface area contributed by atoms with Crippen LogP contribution in [0.3, 0.4) is 0 Å². The van der Waals surface area contributed by atoms with Crippen LogP contribution < -0.4 is 5.73 Å². The van der Waals surface area contributed by atoms with E-state index in [1.807, 2.05) is 0 Å². The number of nitrogens with zero attached hydrogens (tertiary/aromatic N) is 1. The molecule has 1 rings (SSSR count). The second-order valence-electron chi connectivity index (χ2n) is 2.71. The van der Waals surface area contributed by atoms with Gasteiger partial charge in [0.05, 0.1) is 6.16 Å². The Bertz CT molecular complexity index is 336. The van der Waals surface area contributed by atoms with E-state index in [9.17, 15) is 4.57 Å². The first-order valence-electron chi connectivity index (χ1n) is 3.72. The number of hydrogen-bond donors (Lipinski definition) is 3. The van der Waals surface area contributed by atoms with Gasteiger partial charge in [-0.15, -0.1) is 0 Å². The minimum atomic E-state index is -3.93. The molecule has 0 unspecified atom stereocenters. The first-order chi connectivity index (χ1) is 5.99. The van der Waals surface area contributed by atoms with E-state index in [1.54, 1.807) is 6.07 Å². The molecule has 6 heteroatoms. The molecule has 0 aliphatic heterocycles. The van der Waals surface area contributed by atoms with E-state index in [0.717, 1.165) is 0 Å². The Morgan fingerprint density at radius 1 is 1.54 bits per heavy atom. The maximum absolute atomic E-state index is 10.5. The lowest BCUT2D eigenvalue weighted by Crippen LogP contribution is -1.99. The molecule has 0 amide bonds. The summed E-state index contributed by atoms with van der Waals surface area (Å²) < 4.78 is 10.5. The van der Waals surface area contributed by atoms with Gasteiger partial charge in [-0.05, 0) is 18.1 Å². The van der Waals surface area contributed by atoms with Crippen LogP contribution in [0.2, 0.25) is 0 Å². The van der Waals surface area contributed by atoms with Crippen LogP contribution in [0.25, 0.3) is 0 Å². The molecular weight excluding hydrogens is 191 g/mol. The molecule has 4 N–H and O–H groups in total. The average Bonchev–Trinajstić information content (AvgIpc) is 2.01. The van der Waals surface area contributed by atoms with Crippen LogP contribution in [0.5, 0.6) is 0 Å². The van der Waals surface area contributed by atoms with Gasteiger partial charge in [0.25, 0.3) is 0 Å². The number of anilines is 1. The quantitative estimate of drug-likeness (QED) is 0.616. The number of rotatable bonds is 3. The van der Waals surface area contributed by atoms with Crippen molar-refractivity contribution in [1.82, 2.24) is 4.98 Å². The van der Waals surface area contributed by atoms with Crippen molar-refractivity contribution in [2.24, 2.45) is 0 Å². The molecule has 0 aromatic carbocycles. The van der Waals surface area contributed by atoms with Gasteiger partial charge in [-0.25, -0.2) is 0 Å². The maximum Gasteiger partial charge on any atom is 0.325 e. The van der Waals surface area contributed by atoms with E-state index in [2.05, 4.69) is 4.98 Å². The summed E-state index contributed by atoms with van der Waals surface area (Å²) in [7, 11) is -3.93. The second-order valence-corrected chi connectivity index (χ2v) is 4.49. The topological polar surface area (TPSA) is 96.4 Å². The molecule has 0 saturated heterocycles. The molecule has 0 aliphatic rings. The van der Waals surface area contributed by atoms with Crippen molar-refractivity contribution >= 4 is 13.3 Å². The van der Waals surface area contributed by atoms with Crippen molar-refractivity contribution in [3.05, 3.63) is 24.0 Å². The fourth-order valence-electron chi connectivity index (χ4n) is 0.913. The SMILES string of the molecule is Nc1ccncc1CCP(=O)(O)O. The molecule has 0 bridgehead atoms. The first kappa shape index (κ1) is 10.2. The molecule has 13 heavy (non-hydrogen) atoms. The normalized spacial score (nSPS) is 11.5. The monoisotopic (exact) mass is 202 g/mol. The molecule has 5 nitrogen and oxygen atoms in total. The summed E-state index contributed by atoms with van der Waals surface area (Å²) in [5.41, 5.74) is 6.75. The van der Waals surface area contributed by atoms with Crippen molar-refractivity contribution in [3.8, 4) is 0 Å². The zero-order valence-electron chi connectivity index (χ0n) is 6.92. The minimum absolute atomic E-state index is 0.192. The summed E-state index contributed by atoms with van der Waals surface area (Å²) in [5.74, 6) is 0. The van der Waals surface area contributed by atoms with E-state index in [0.29, 0.717) is 11.3 Å². The van der Waals surface area contributed by atoms with Gasteiger partial charge in [0, 0.05) is 18.1 Å². The van der Waals surface area contributed by atoms with Crippen molar-refractivity contribution in [1.29, 1.82) is 0 Å². The number of nitrogens with two attached hydrogens (primary N) is 1. The summed E-state index contributed by atoms with van der Waals surface area (Å²) in [6.07, 6.45) is 3.12.